The third kappa shape index (κ3) is 1.94. The summed E-state index contributed by atoms with van der Waals surface area (Å²) in [6.07, 6.45) is 0.920. The van der Waals surface area contributed by atoms with E-state index in [1.54, 1.807) is 11.6 Å². The van der Waals surface area contributed by atoms with Crippen LogP contribution >= 0.6 is 11.3 Å². The number of rotatable bonds is 3. The maximum atomic E-state index is 5.63. The van der Waals surface area contributed by atoms with Crippen LogP contribution in [0.5, 0.6) is 5.75 Å². The molecule has 6 heteroatoms. The van der Waals surface area contributed by atoms with Gasteiger partial charge in [0.1, 0.15) is 5.75 Å². The number of benzene rings is 1. The molecule has 0 spiro atoms. The molecule has 0 unspecified atom stereocenters. The summed E-state index contributed by atoms with van der Waals surface area (Å²) in [4.78, 5) is 4.97. The average Bonchev–Trinajstić information content (AvgIpc) is 2.96. The van der Waals surface area contributed by atoms with Crippen LogP contribution in [0.2, 0.25) is 0 Å². The number of thiazole rings is 1. The summed E-state index contributed by atoms with van der Waals surface area (Å²) in [7, 11) is 1.69. The van der Waals surface area contributed by atoms with Gasteiger partial charge < -0.3 is 10.5 Å². The second kappa shape index (κ2) is 4.55. The zero-order valence-electron chi connectivity index (χ0n) is 10.8. The Morgan fingerprint density at radius 2 is 2.26 bits per heavy atom. The molecule has 98 valence electrons. The first kappa shape index (κ1) is 12.0. The summed E-state index contributed by atoms with van der Waals surface area (Å²) in [6.45, 7) is 2.11. The Balaban J connectivity index is 2.15. The van der Waals surface area contributed by atoms with Crippen LogP contribution in [0.3, 0.4) is 0 Å². The zero-order valence-corrected chi connectivity index (χ0v) is 11.6. The van der Waals surface area contributed by atoms with Crippen molar-refractivity contribution in [3.63, 3.8) is 0 Å². The molecule has 0 amide bonds. The molecule has 0 aliphatic carbocycles. The van der Waals surface area contributed by atoms with Crippen LogP contribution in [-0.2, 0) is 6.42 Å². The summed E-state index contributed by atoms with van der Waals surface area (Å²) in [6, 6.07) is 6.13. The first-order valence-electron chi connectivity index (χ1n) is 6.00. The Morgan fingerprint density at radius 1 is 1.42 bits per heavy atom. The monoisotopic (exact) mass is 274 g/mol. The van der Waals surface area contributed by atoms with E-state index in [1.165, 1.54) is 16.9 Å². The normalized spacial score (nSPS) is 11.1. The SMILES string of the molecule is CCc1cc(-c2csc3nc(N)nn23)ccc1OC. The third-order valence-corrected chi connectivity index (χ3v) is 3.87. The second-order valence-electron chi connectivity index (χ2n) is 4.17. The molecule has 0 radical (unpaired) electrons. The molecular formula is C13H14N4OS. The van der Waals surface area contributed by atoms with Crippen molar-refractivity contribution >= 4 is 22.2 Å². The van der Waals surface area contributed by atoms with Crippen molar-refractivity contribution in [3.8, 4) is 17.0 Å². The minimum absolute atomic E-state index is 0.303. The molecule has 5 nitrogen and oxygen atoms in total. The Morgan fingerprint density at radius 3 is 3.00 bits per heavy atom. The van der Waals surface area contributed by atoms with Gasteiger partial charge in [0.15, 0.2) is 0 Å². The number of anilines is 1. The molecule has 0 fully saturated rings. The number of methoxy groups -OCH3 is 1. The van der Waals surface area contributed by atoms with Crippen LogP contribution in [0.1, 0.15) is 12.5 Å². The van der Waals surface area contributed by atoms with Crippen LogP contribution in [0.4, 0.5) is 5.95 Å². The van der Waals surface area contributed by atoms with Crippen molar-refractivity contribution in [1.82, 2.24) is 14.6 Å². The van der Waals surface area contributed by atoms with Crippen molar-refractivity contribution in [2.24, 2.45) is 0 Å². The lowest BCUT2D eigenvalue weighted by atomic mass is 10.1. The Kier molecular flexibility index (Phi) is 2.87. The first-order valence-corrected chi connectivity index (χ1v) is 6.88. The number of nitrogens with two attached hydrogens (primary N) is 1. The fraction of sp³-hybridized carbons (Fsp3) is 0.231. The van der Waals surface area contributed by atoms with E-state index in [9.17, 15) is 0 Å². The van der Waals surface area contributed by atoms with Crippen molar-refractivity contribution in [3.05, 3.63) is 29.1 Å². The molecule has 0 bridgehead atoms. The van der Waals surface area contributed by atoms with Gasteiger partial charge in [-0.15, -0.1) is 16.4 Å². The maximum Gasteiger partial charge on any atom is 0.241 e. The van der Waals surface area contributed by atoms with Gasteiger partial charge in [0.05, 0.1) is 12.8 Å². The summed E-state index contributed by atoms with van der Waals surface area (Å²) >= 11 is 1.53. The summed E-state index contributed by atoms with van der Waals surface area (Å²) in [5.41, 5.74) is 8.89. The highest BCUT2D eigenvalue weighted by Gasteiger charge is 2.11. The highest BCUT2D eigenvalue weighted by molar-refractivity contribution is 7.15. The van der Waals surface area contributed by atoms with E-state index >= 15 is 0 Å². The number of hydrogen-bond acceptors (Lipinski definition) is 5. The average molecular weight is 274 g/mol. The molecule has 3 aromatic rings. The Bertz CT molecular complexity index is 731. The van der Waals surface area contributed by atoms with Gasteiger partial charge in [-0.25, -0.2) is 4.52 Å². The number of fused-ring (bicyclic) bond motifs is 1. The smallest absolute Gasteiger partial charge is 0.241 e. The second-order valence-corrected chi connectivity index (χ2v) is 5.00. The van der Waals surface area contributed by atoms with Crippen molar-refractivity contribution in [1.29, 1.82) is 0 Å². The lowest BCUT2D eigenvalue weighted by molar-refractivity contribution is 0.410. The molecule has 3 rings (SSSR count). The number of nitrogen functional groups attached to an aromatic ring is 1. The van der Waals surface area contributed by atoms with Gasteiger partial charge in [0, 0.05) is 10.9 Å². The molecule has 2 aromatic heterocycles. The van der Waals surface area contributed by atoms with E-state index in [4.69, 9.17) is 10.5 Å². The van der Waals surface area contributed by atoms with Gasteiger partial charge in [0.2, 0.25) is 10.9 Å². The van der Waals surface area contributed by atoms with Gasteiger partial charge in [-0.1, -0.05) is 6.92 Å². The molecule has 19 heavy (non-hydrogen) atoms. The summed E-state index contributed by atoms with van der Waals surface area (Å²) in [5, 5.41) is 6.25. The highest BCUT2D eigenvalue weighted by Crippen LogP contribution is 2.29. The van der Waals surface area contributed by atoms with Crippen LogP contribution in [0.25, 0.3) is 16.2 Å². The summed E-state index contributed by atoms with van der Waals surface area (Å²) in [5.74, 6) is 1.22. The highest BCUT2D eigenvalue weighted by atomic mass is 32.1. The van der Waals surface area contributed by atoms with Crippen molar-refractivity contribution in [2.45, 2.75) is 13.3 Å². The molecule has 2 heterocycles. The van der Waals surface area contributed by atoms with Gasteiger partial charge >= 0.3 is 0 Å². The lowest BCUT2D eigenvalue weighted by Crippen LogP contribution is -1.94. The van der Waals surface area contributed by atoms with Crippen molar-refractivity contribution < 1.29 is 4.74 Å². The van der Waals surface area contributed by atoms with E-state index in [0.29, 0.717) is 5.95 Å². The van der Waals surface area contributed by atoms with Gasteiger partial charge in [-0.2, -0.15) is 4.98 Å². The third-order valence-electron chi connectivity index (χ3n) is 3.06. The molecule has 0 atom stereocenters. The van der Waals surface area contributed by atoms with Gasteiger partial charge in [-0.05, 0) is 30.2 Å². The first-order chi connectivity index (χ1) is 9.22. The van der Waals surface area contributed by atoms with E-state index in [0.717, 1.165) is 28.4 Å². The molecular weight excluding hydrogens is 260 g/mol. The molecule has 0 aliphatic heterocycles. The topological polar surface area (TPSA) is 65.4 Å². The van der Waals surface area contributed by atoms with E-state index < -0.39 is 0 Å². The number of ether oxygens (including phenoxy) is 1. The van der Waals surface area contributed by atoms with Gasteiger partial charge in [-0.3, -0.25) is 0 Å². The minimum atomic E-state index is 0.303. The molecule has 0 saturated carbocycles. The van der Waals surface area contributed by atoms with Crippen LogP contribution in [0.15, 0.2) is 23.6 Å². The molecule has 0 aliphatic rings. The maximum absolute atomic E-state index is 5.63. The number of nitrogens with zero attached hydrogens (tertiary/aromatic N) is 3. The van der Waals surface area contributed by atoms with Crippen molar-refractivity contribution in [2.75, 3.05) is 12.8 Å². The van der Waals surface area contributed by atoms with E-state index in [2.05, 4.69) is 23.1 Å². The number of hydrogen-bond donors (Lipinski definition) is 1. The van der Waals surface area contributed by atoms with Crippen LogP contribution in [-0.4, -0.2) is 21.7 Å². The van der Waals surface area contributed by atoms with E-state index in [-0.39, 0.29) is 0 Å². The zero-order chi connectivity index (χ0) is 13.4. The number of aryl methyl sites for hydroxylation is 1. The standard InChI is InChI=1S/C13H14N4OS/c1-3-8-6-9(4-5-11(8)18-2)10-7-19-13-15-12(14)16-17(10)13/h4-7H,3H2,1-2H3,(H2,14,16). The molecule has 2 N–H and O–H groups in total. The quantitative estimate of drug-likeness (QED) is 0.797. The minimum Gasteiger partial charge on any atom is -0.496 e. The largest absolute Gasteiger partial charge is 0.496 e. The summed E-state index contributed by atoms with van der Waals surface area (Å²) < 4.78 is 7.13. The van der Waals surface area contributed by atoms with E-state index in [1.807, 2.05) is 17.5 Å². The molecule has 1 aromatic carbocycles. The predicted octanol–water partition coefficient (Wildman–Crippen LogP) is 2.61. The Hall–Kier alpha value is -2.08. The lowest BCUT2D eigenvalue weighted by Gasteiger charge is -2.08. The fourth-order valence-electron chi connectivity index (χ4n) is 2.11. The fourth-order valence-corrected chi connectivity index (χ4v) is 2.95. The predicted molar refractivity (Wildman–Crippen MR) is 76.6 cm³/mol. The van der Waals surface area contributed by atoms with Crippen LogP contribution in [0, 0.1) is 0 Å². The molecule has 0 saturated heterocycles. The van der Waals surface area contributed by atoms with Gasteiger partial charge in [0.25, 0.3) is 0 Å². The number of aromatic nitrogens is 3. The Labute approximate surface area is 114 Å². The van der Waals surface area contributed by atoms with Crippen LogP contribution < -0.4 is 10.5 Å².